The molecule has 0 saturated carbocycles. The molecule has 0 bridgehead atoms. The van der Waals surface area contributed by atoms with Crippen LogP contribution in [0.25, 0.3) is 11.0 Å². The van der Waals surface area contributed by atoms with Gasteiger partial charge in [-0.2, -0.15) is 11.8 Å². The quantitative estimate of drug-likeness (QED) is 0.824. The topological polar surface area (TPSA) is 25.2 Å². The number of rotatable bonds is 4. The Morgan fingerprint density at radius 3 is 3.10 bits per heavy atom. The molecule has 1 aromatic carbocycles. The molecular formula is C16H20BrNOS. The molecule has 0 spiro atoms. The van der Waals surface area contributed by atoms with Crippen molar-refractivity contribution in [3.05, 3.63) is 34.5 Å². The van der Waals surface area contributed by atoms with Gasteiger partial charge in [-0.1, -0.05) is 22.4 Å². The van der Waals surface area contributed by atoms with E-state index in [1.807, 2.05) is 12.1 Å². The minimum Gasteiger partial charge on any atom is -0.459 e. The molecule has 1 N–H and O–H groups in total. The first-order valence-electron chi connectivity index (χ1n) is 7.26. The van der Waals surface area contributed by atoms with Crippen LogP contribution in [0.2, 0.25) is 0 Å². The lowest BCUT2D eigenvalue weighted by Gasteiger charge is -2.23. The van der Waals surface area contributed by atoms with Crippen molar-refractivity contribution in [2.75, 3.05) is 12.3 Å². The summed E-state index contributed by atoms with van der Waals surface area (Å²) >= 11 is 5.61. The van der Waals surface area contributed by atoms with Crippen molar-refractivity contribution in [2.45, 2.75) is 37.5 Å². The molecular weight excluding hydrogens is 334 g/mol. The Kier molecular flexibility index (Phi) is 4.74. The van der Waals surface area contributed by atoms with Gasteiger partial charge in [-0.05, 0) is 49.8 Å². The Labute approximate surface area is 132 Å². The molecule has 1 fully saturated rings. The molecule has 108 valence electrons. The maximum absolute atomic E-state index is 5.93. The zero-order valence-electron chi connectivity index (χ0n) is 11.7. The van der Waals surface area contributed by atoms with Gasteiger partial charge < -0.3 is 9.73 Å². The molecule has 2 unspecified atom stereocenters. The molecule has 1 aliphatic heterocycles. The van der Waals surface area contributed by atoms with Gasteiger partial charge in [-0.15, -0.1) is 0 Å². The van der Waals surface area contributed by atoms with E-state index >= 15 is 0 Å². The molecule has 2 heterocycles. The molecule has 3 rings (SSSR count). The van der Waals surface area contributed by atoms with Crippen molar-refractivity contribution in [3.63, 3.8) is 0 Å². The van der Waals surface area contributed by atoms with Crippen molar-refractivity contribution in [1.29, 1.82) is 0 Å². The van der Waals surface area contributed by atoms with Gasteiger partial charge in [0.05, 0.1) is 6.04 Å². The molecule has 2 aromatic rings. The summed E-state index contributed by atoms with van der Waals surface area (Å²) in [7, 11) is 0. The van der Waals surface area contributed by atoms with E-state index in [0.29, 0.717) is 0 Å². The Bertz CT molecular complexity index is 577. The summed E-state index contributed by atoms with van der Waals surface area (Å²) in [5, 5.41) is 5.55. The van der Waals surface area contributed by atoms with Gasteiger partial charge in [0.2, 0.25) is 0 Å². The second-order valence-corrected chi connectivity index (χ2v) is 7.77. The third-order valence-corrected chi connectivity index (χ3v) is 5.74. The maximum atomic E-state index is 5.93. The number of benzene rings is 1. The molecule has 0 aliphatic carbocycles. The molecule has 2 atom stereocenters. The van der Waals surface area contributed by atoms with Crippen LogP contribution >= 0.6 is 27.7 Å². The van der Waals surface area contributed by atoms with Crippen LogP contribution in [-0.4, -0.2) is 17.5 Å². The molecule has 2 nitrogen and oxygen atoms in total. The number of halogens is 1. The van der Waals surface area contributed by atoms with Gasteiger partial charge >= 0.3 is 0 Å². The van der Waals surface area contributed by atoms with E-state index in [9.17, 15) is 0 Å². The van der Waals surface area contributed by atoms with Gasteiger partial charge in [-0.3, -0.25) is 0 Å². The van der Waals surface area contributed by atoms with Crippen LogP contribution in [0.15, 0.2) is 33.2 Å². The lowest BCUT2D eigenvalue weighted by molar-refractivity contribution is 0.445. The van der Waals surface area contributed by atoms with Crippen molar-refractivity contribution in [3.8, 4) is 0 Å². The number of hydrogen-bond donors (Lipinski definition) is 1. The summed E-state index contributed by atoms with van der Waals surface area (Å²) in [6.45, 7) is 3.26. The summed E-state index contributed by atoms with van der Waals surface area (Å²) in [6.07, 6.45) is 4.11. The fourth-order valence-electron chi connectivity index (χ4n) is 2.63. The second kappa shape index (κ2) is 6.54. The van der Waals surface area contributed by atoms with Crippen molar-refractivity contribution >= 4 is 38.7 Å². The fourth-order valence-corrected chi connectivity index (χ4v) is 4.26. The van der Waals surface area contributed by atoms with Gasteiger partial charge in [0.1, 0.15) is 11.3 Å². The van der Waals surface area contributed by atoms with Crippen LogP contribution in [0.1, 0.15) is 38.0 Å². The van der Waals surface area contributed by atoms with Crippen LogP contribution in [0.4, 0.5) is 0 Å². The van der Waals surface area contributed by atoms with Gasteiger partial charge in [0.15, 0.2) is 0 Å². The molecule has 0 amide bonds. The second-order valence-electron chi connectivity index (χ2n) is 5.45. The van der Waals surface area contributed by atoms with E-state index in [2.05, 4.69) is 52.1 Å². The monoisotopic (exact) mass is 353 g/mol. The molecule has 1 aliphatic rings. The van der Waals surface area contributed by atoms with E-state index in [1.165, 1.54) is 25.0 Å². The standard InChI is InChI=1S/C16H20BrNOS/c1-11(18-10-14-4-2-3-7-20-14)16-9-12-8-13(17)5-6-15(12)19-16/h5-6,8-9,11,14,18H,2-4,7,10H2,1H3. The first-order chi connectivity index (χ1) is 9.72. The normalized spacial score (nSPS) is 21.2. The number of thioether (sulfide) groups is 1. The van der Waals surface area contributed by atoms with Crippen LogP contribution in [0, 0.1) is 0 Å². The fraction of sp³-hybridized carbons (Fsp3) is 0.500. The Balaban J connectivity index is 1.64. The average molecular weight is 354 g/mol. The van der Waals surface area contributed by atoms with E-state index in [-0.39, 0.29) is 6.04 Å². The SMILES string of the molecule is CC(NCC1CCCCS1)c1cc2cc(Br)ccc2o1. The Hall–Kier alpha value is -0.450. The highest BCUT2D eigenvalue weighted by Gasteiger charge is 2.16. The van der Waals surface area contributed by atoms with E-state index in [4.69, 9.17) is 4.42 Å². The third kappa shape index (κ3) is 3.41. The highest BCUT2D eigenvalue weighted by atomic mass is 79.9. The average Bonchev–Trinajstić information content (AvgIpc) is 2.89. The van der Waals surface area contributed by atoms with Crippen molar-refractivity contribution < 1.29 is 4.42 Å². The smallest absolute Gasteiger partial charge is 0.134 e. The summed E-state index contributed by atoms with van der Waals surface area (Å²) in [5.74, 6) is 2.35. The number of furan rings is 1. The Morgan fingerprint density at radius 1 is 1.40 bits per heavy atom. The van der Waals surface area contributed by atoms with Crippen LogP contribution < -0.4 is 5.32 Å². The molecule has 0 radical (unpaired) electrons. The largest absolute Gasteiger partial charge is 0.459 e. The maximum Gasteiger partial charge on any atom is 0.134 e. The molecule has 4 heteroatoms. The van der Waals surface area contributed by atoms with Gasteiger partial charge in [-0.25, -0.2) is 0 Å². The lowest BCUT2D eigenvalue weighted by Crippen LogP contribution is -2.28. The van der Waals surface area contributed by atoms with Crippen molar-refractivity contribution in [2.24, 2.45) is 0 Å². The highest BCUT2D eigenvalue weighted by molar-refractivity contribution is 9.10. The third-order valence-electron chi connectivity index (χ3n) is 3.85. The van der Waals surface area contributed by atoms with E-state index in [0.717, 1.165) is 33.0 Å². The zero-order valence-corrected chi connectivity index (χ0v) is 14.1. The number of hydrogen-bond acceptors (Lipinski definition) is 3. The number of nitrogens with one attached hydrogen (secondary N) is 1. The van der Waals surface area contributed by atoms with Crippen LogP contribution in [0.3, 0.4) is 0 Å². The summed E-state index contributed by atoms with van der Waals surface area (Å²) in [6, 6.07) is 8.56. The summed E-state index contributed by atoms with van der Waals surface area (Å²) in [4.78, 5) is 0. The molecule has 1 saturated heterocycles. The number of fused-ring (bicyclic) bond motifs is 1. The predicted molar refractivity (Wildman–Crippen MR) is 90.4 cm³/mol. The van der Waals surface area contributed by atoms with E-state index in [1.54, 1.807) is 0 Å². The first-order valence-corrected chi connectivity index (χ1v) is 9.10. The summed E-state index contributed by atoms with van der Waals surface area (Å²) < 4.78 is 7.03. The van der Waals surface area contributed by atoms with E-state index < -0.39 is 0 Å². The minimum absolute atomic E-state index is 0.267. The van der Waals surface area contributed by atoms with Gasteiger partial charge in [0.25, 0.3) is 0 Å². The highest BCUT2D eigenvalue weighted by Crippen LogP contribution is 2.28. The minimum atomic E-state index is 0.267. The van der Waals surface area contributed by atoms with Gasteiger partial charge in [0, 0.05) is 21.7 Å². The first kappa shape index (κ1) is 14.5. The lowest BCUT2D eigenvalue weighted by atomic mass is 10.1. The summed E-state index contributed by atoms with van der Waals surface area (Å²) in [5.41, 5.74) is 0.962. The Morgan fingerprint density at radius 2 is 2.30 bits per heavy atom. The molecule has 1 aromatic heterocycles. The van der Waals surface area contributed by atoms with Crippen LogP contribution in [-0.2, 0) is 0 Å². The zero-order chi connectivity index (χ0) is 13.9. The van der Waals surface area contributed by atoms with Crippen molar-refractivity contribution in [1.82, 2.24) is 5.32 Å². The van der Waals surface area contributed by atoms with Crippen LogP contribution in [0.5, 0.6) is 0 Å². The molecule has 20 heavy (non-hydrogen) atoms. The predicted octanol–water partition coefficient (Wildman–Crippen LogP) is 5.13.